The van der Waals surface area contributed by atoms with Crippen LogP contribution in [0.4, 0.5) is 5.69 Å². The second-order valence-electron chi connectivity index (χ2n) is 5.83. The number of carbonyl (C=O) groups excluding carboxylic acids is 2. The topological polar surface area (TPSA) is 62.3 Å². The van der Waals surface area contributed by atoms with Crippen molar-refractivity contribution in [1.82, 2.24) is 10.3 Å². The highest BCUT2D eigenvalue weighted by Gasteiger charge is 2.35. The van der Waals surface area contributed by atoms with Crippen molar-refractivity contribution in [2.45, 2.75) is 43.9 Å². The van der Waals surface area contributed by atoms with E-state index in [1.54, 1.807) is 11.1 Å². The van der Waals surface area contributed by atoms with Crippen molar-refractivity contribution in [3.63, 3.8) is 0 Å². The van der Waals surface area contributed by atoms with Crippen LogP contribution in [0, 0.1) is 5.92 Å². The van der Waals surface area contributed by atoms with Gasteiger partial charge in [0.15, 0.2) is 0 Å². The molecule has 1 aromatic heterocycles. The van der Waals surface area contributed by atoms with Gasteiger partial charge < -0.3 is 10.2 Å². The number of anilines is 1. The van der Waals surface area contributed by atoms with Crippen LogP contribution in [-0.4, -0.2) is 35.1 Å². The quantitative estimate of drug-likeness (QED) is 0.874. The Morgan fingerprint density at radius 3 is 2.95 bits per heavy atom. The predicted octanol–water partition coefficient (Wildman–Crippen LogP) is 2.46. The molecule has 0 saturated carbocycles. The molecule has 1 unspecified atom stereocenters. The van der Waals surface area contributed by atoms with Gasteiger partial charge >= 0.3 is 0 Å². The summed E-state index contributed by atoms with van der Waals surface area (Å²) in [6, 6.07) is 3.76. The molecule has 1 aromatic rings. The van der Waals surface area contributed by atoms with Gasteiger partial charge in [0.2, 0.25) is 11.8 Å². The Morgan fingerprint density at radius 1 is 1.50 bits per heavy atom. The van der Waals surface area contributed by atoms with Crippen LogP contribution in [-0.2, 0) is 9.59 Å². The molecule has 2 heterocycles. The minimum atomic E-state index is -0.391. The van der Waals surface area contributed by atoms with Crippen LogP contribution in [0.15, 0.2) is 23.4 Å². The van der Waals surface area contributed by atoms with Crippen LogP contribution < -0.4 is 10.2 Å². The van der Waals surface area contributed by atoms with E-state index >= 15 is 0 Å². The number of rotatable bonds is 6. The van der Waals surface area contributed by atoms with Gasteiger partial charge in [-0.3, -0.25) is 9.59 Å². The first-order chi connectivity index (χ1) is 10.5. The molecule has 2 rings (SSSR count). The molecule has 0 bridgehead atoms. The Balaban J connectivity index is 2.17. The SMILES string of the molecule is CCCNC(=O)CC1Sc2ncccc2N(CC(C)C)C1=O. The highest BCUT2D eigenvalue weighted by Crippen LogP contribution is 2.38. The maximum atomic E-state index is 12.7. The number of carbonyl (C=O) groups is 2. The van der Waals surface area contributed by atoms with E-state index in [1.807, 2.05) is 19.1 Å². The Labute approximate surface area is 135 Å². The molecule has 0 fully saturated rings. The fourth-order valence-corrected chi connectivity index (χ4v) is 3.50. The lowest BCUT2D eigenvalue weighted by atomic mass is 10.1. The summed E-state index contributed by atoms with van der Waals surface area (Å²) in [4.78, 5) is 30.8. The maximum absolute atomic E-state index is 12.7. The van der Waals surface area contributed by atoms with E-state index in [4.69, 9.17) is 0 Å². The monoisotopic (exact) mass is 321 g/mol. The van der Waals surface area contributed by atoms with Crippen molar-refractivity contribution in [1.29, 1.82) is 0 Å². The molecule has 5 nitrogen and oxygen atoms in total. The van der Waals surface area contributed by atoms with Crippen LogP contribution in [0.5, 0.6) is 0 Å². The number of hydrogen-bond donors (Lipinski definition) is 1. The molecule has 1 aliphatic rings. The second-order valence-corrected chi connectivity index (χ2v) is 7.02. The van der Waals surface area contributed by atoms with Gasteiger partial charge in [0.25, 0.3) is 0 Å². The third kappa shape index (κ3) is 4.00. The fraction of sp³-hybridized carbons (Fsp3) is 0.562. The van der Waals surface area contributed by atoms with Crippen LogP contribution >= 0.6 is 11.8 Å². The zero-order valence-electron chi connectivity index (χ0n) is 13.3. The highest BCUT2D eigenvalue weighted by atomic mass is 32.2. The zero-order chi connectivity index (χ0) is 16.1. The highest BCUT2D eigenvalue weighted by molar-refractivity contribution is 8.00. The van der Waals surface area contributed by atoms with E-state index in [-0.39, 0.29) is 18.2 Å². The number of nitrogens with one attached hydrogen (secondary N) is 1. The molecule has 0 radical (unpaired) electrons. The van der Waals surface area contributed by atoms with Crippen molar-refractivity contribution in [3.8, 4) is 0 Å². The zero-order valence-corrected chi connectivity index (χ0v) is 14.2. The number of pyridine rings is 1. The van der Waals surface area contributed by atoms with Crippen molar-refractivity contribution >= 4 is 29.3 Å². The van der Waals surface area contributed by atoms with E-state index < -0.39 is 5.25 Å². The first-order valence-electron chi connectivity index (χ1n) is 7.72. The Bertz CT molecular complexity index is 548. The summed E-state index contributed by atoms with van der Waals surface area (Å²) in [7, 11) is 0. The molecule has 0 aliphatic carbocycles. The fourth-order valence-electron chi connectivity index (χ4n) is 2.34. The minimum absolute atomic E-state index is 0.00542. The van der Waals surface area contributed by atoms with Gasteiger partial charge in [-0.05, 0) is 24.5 Å². The van der Waals surface area contributed by atoms with Gasteiger partial charge in [0.1, 0.15) is 5.03 Å². The lowest BCUT2D eigenvalue weighted by Gasteiger charge is -2.33. The molecule has 1 N–H and O–H groups in total. The largest absolute Gasteiger partial charge is 0.356 e. The lowest BCUT2D eigenvalue weighted by molar-refractivity contribution is -0.124. The Morgan fingerprint density at radius 2 is 2.27 bits per heavy atom. The summed E-state index contributed by atoms with van der Waals surface area (Å²) in [5, 5.41) is 3.28. The van der Waals surface area contributed by atoms with Gasteiger partial charge in [0, 0.05) is 25.7 Å². The molecule has 2 amide bonds. The third-order valence-corrected chi connectivity index (χ3v) is 4.52. The molecule has 0 saturated heterocycles. The summed E-state index contributed by atoms with van der Waals surface area (Å²) in [6.07, 6.45) is 2.82. The van der Waals surface area contributed by atoms with E-state index in [9.17, 15) is 9.59 Å². The standard InChI is InChI=1S/C16H23N3O2S/c1-4-7-17-14(20)9-13-16(21)19(10-11(2)3)12-6-5-8-18-15(12)22-13/h5-6,8,11,13H,4,7,9-10H2,1-3H3,(H,17,20). The van der Waals surface area contributed by atoms with E-state index in [2.05, 4.69) is 24.1 Å². The molecule has 6 heteroatoms. The van der Waals surface area contributed by atoms with Gasteiger partial charge in [-0.2, -0.15) is 0 Å². The average Bonchev–Trinajstić information content (AvgIpc) is 2.49. The van der Waals surface area contributed by atoms with E-state index in [0.29, 0.717) is 19.0 Å². The van der Waals surface area contributed by atoms with Crippen molar-refractivity contribution in [3.05, 3.63) is 18.3 Å². The van der Waals surface area contributed by atoms with Crippen LogP contribution in [0.2, 0.25) is 0 Å². The van der Waals surface area contributed by atoms with Crippen LogP contribution in [0.25, 0.3) is 0 Å². The Kier molecular flexibility index (Phi) is 5.83. The number of fused-ring (bicyclic) bond motifs is 1. The van der Waals surface area contributed by atoms with Gasteiger partial charge in [0.05, 0.1) is 10.9 Å². The molecule has 0 spiro atoms. The first kappa shape index (κ1) is 16.8. The van der Waals surface area contributed by atoms with E-state index in [1.165, 1.54) is 11.8 Å². The number of aromatic nitrogens is 1. The van der Waals surface area contributed by atoms with E-state index in [0.717, 1.165) is 17.1 Å². The summed E-state index contributed by atoms with van der Waals surface area (Å²) in [5.41, 5.74) is 0.858. The molecule has 1 aliphatic heterocycles. The molecule has 22 heavy (non-hydrogen) atoms. The molecular weight excluding hydrogens is 298 g/mol. The number of thioether (sulfide) groups is 1. The number of amides is 2. The van der Waals surface area contributed by atoms with Gasteiger partial charge in [-0.25, -0.2) is 4.98 Å². The summed E-state index contributed by atoms with van der Waals surface area (Å²) < 4.78 is 0. The molecular formula is C16H23N3O2S. The van der Waals surface area contributed by atoms with Crippen molar-refractivity contribution in [2.24, 2.45) is 5.92 Å². The van der Waals surface area contributed by atoms with Gasteiger partial charge in [-0.1, -0.05) is 32.5 Å². The third-order valence-electron chi connectivity index (χ3n) is 3.33. The Hall–Kier alpha value is -1.56. The summed E-state index contributed by atoms with van der Waals surface area (Å²) in [6.45, 7) is 7.45. The molecule has 1 atom stereocenters. The molecule has 120 valence electrons. The van der Waals surface area contributed by atoms with Crippen LogP contribution in [0.3, 0.4) is 0 Å². The summed E-state index contributed by atoms with van der Waals surface area (Å²) >= 11 is 1.39. The predicted molar refractivity (Wildman–Crippen MR) is 89.0 cm³/mol. The van der Waals surface area contributed by atoms with Crippen molar-refractivity contribution in [2.75, 3.05) is 18.0 Å². The van der Waals surface area contributed by atoms with Crippen LogP contribution in [0.1, 0.15) is 33.6 Å². The smallest absolute Gasteiger partial charge is 0.241 e. The number of hydrogen-bond acceptors (Lipinski definition) is 4. The normalized spacial score (nSPS) is 17.5. The number of nitrogens with zero attached hydrogens (tertiary/aromatic N) is 2. The minimum Gasteiger partial charge on any atom is -0.356 e. The van der Waals surface area contributed by atoms with Gasteiger partial charge in [-0.15, -0.1) is 0 Å². The first-order valence-corrected chi connectivity index (χ1v) is 8.60. The molecule has 0 aromatic carbocycles. The summed E-state index contributed by atoms with van der Waals surface area (Å²) in [5.74, 6) is 0.289. The average molecular weight is 321 g/mol. The maximum Gasteiger partial charge on any atom is 0.241 e. The lowest BCUT2D eigenvalue weighted by Crippen LogP contribution is -2.45. The van der Waals surface area contributed by atoms with Crippen molar-refractivity contribution < 1.29 is 9.59 Å². The second kappa shape index (κ2) is 7.63.